The number of anilines is 1. The van der Waals surface area contributed by atoms with Gasteiger partial charge < -0.3 is 9.72 Å². The lowest BCUT2D eigenvalue weighted by atomic mass is 10.1. The van der Waals surface area contributed by atoms with E-state index in [4.69, 9.17) is 16.3 Å². The van der Waals surface area contributed by atoms with E-state index < -0.39 is 15.8 Å². The molecule has 0 fully saturated rings. The number of methoxy groups -OCH3 is 1. The molecule has 2 N–H and O–H groups in total. The summed E-state index contributed by atoms with van der Waals surface area (Å²) in [6, 6.07) is 13.5. The first-order chi connectivity index (χ1) is 12.9. The third-order valence-electron chi connectivity index (χ3n) is 4.32. The number of halogens is 2. The summed E-state index contributed by atoms with van der Waals surface area (Å²) in [6.07, 6.45) is 1.41. The molecule has 0 bridgehead atoms. The molecule has 0 saturated carbocycles. The molecule has 0 unspecified atom stereocenters. The van der Waals surface area contributed by atoms with Crippen molar-refractivity contribution in [3.05, 3.63) is 65.6 Å². The molecule has 3 aromatic carbocycles. The van der Waals surface area contributed by atoms with Crippen molar-refractivity contribution in [3.8, 4) is 5.75 Å². The third-order valence-corrected chi connectivity index (χ3v) is 6.01. The molecule has 0 aliphatic carbocycles. The fourth-order valence-electron chi connectivity index (χ4n) is 3.05. The molecule has 4 rings (SSSR count). The number of hydrogen-bond donors (Lipinski definition) is 2. The SMILES string of the molecule is COc1cc(Cl)c(F)cc1NS(=O)(=O)c1c[nH]c2c1ccc1ccccc12. The van der Waals surface area contributed by atoms with E-state index in [9.17, 15) is 12.8 Å². The Morgan fingerprint density at radius 3 is 2.67 bits per heavy atom. The normalized spacial score (nSPS) is 11.8. The zero-order valence-corrected chi connectivity index (χ0v) is 15.7. The van der Waals surface area contributed by atoms with Gasteiger partial charge in [0.15, 0.2) is 0 Å². The van der Waals surface area contributed by atoms with Crippen LogP contribution < -0.4 is 9.46 Å². The molecule has 138 valence electrons. The summed E-state index contributed by atoms with van der Waals surface area (Å²) in [5.41, 5.74) is 0.678. The topological polar surface area (TPSA) is 71.2 Å². The Morgan fingerprint density at radius 1 is 1.11 bits per heavy atom. The highest BCUT2D eigenvalue weighted by Crippen LogP contribution is 2.34. The Morgan fingerprint density at radius 2 is 1.89 bits per heavy atom. The largest absolute Gasteiger partial charge is 0.494 e. The third kappa shape index (κ3) is 2.98. The highest BCUT2D eigenvalue weighted by Gasteiger charge is 2.22. The summed E-state index contributed by atoms with van der Waals surface area (Å²) in [6.45, 7) is 0. The maximum atomic E-state index is 13.8. The van der Waals surface area contributed by atoms with Crippen molar-refractivity contribution in [2.75, 3.05) is 11.8 Å². The molecule has 0 saturated heterocycles. The van der Waals surface area contributed by atoms with Crippen LogP contribution in [0.5, 0.6) is 5.75 Å². The van der Waals surface area contributed by atoms with Crippen LogP contribution in [0.1, 0.15) is 0 Å². The summed E-state index contributed by atoms with van der Waals surface area (Å²) >= 11 is 5.73. The van der Waals surface area contributed by atoms with E-state index in [2.05, 4.69) is 9.71 Å². The molecule has 0 amide bonds. The van der Waals surface area contributed by atoms with Crippen LogP contribution in [0.25, 0.3) is 21.7 Å². The summed E-state index contributed by atoms with van der Waals surface area (Å²) in [5.74, 6) is -0.629. The van der Waals surface area contributed by atoms with Gasteiger partial charge in [-0.3, -0.25) is 4.72 Å². The highest BCUT2D eigenvalue weighted by atomic mass is 35.5. The molecule has 0 aliphatic rings. The summed E-state index contributed by atoms with van der Waals surface area (Å²) in [5, 5.41) is 2.28. The van der Waals surface area contributed by atoms with Crippen molar-refractivity contribution in [2.24, 2.45) is 0 Å². The van der Waals surface area contributed by atoms with Gasteiger partial charge in [0.2, 0.25) is 0 Å². The summed E-state index contributed by atoms with van der Waals surface area (Å²) < 4.78 is 47.2. The zero-order valence-electron chi connectivity index (χ0n) is 14.1. The maximum Gasteiger partial charge on any atom is 0.264 e. The van der Waals surface area contributed by atoms with Gasteiger partial charge in [-0.15, -0.1) is 0 Å². The fourth-order valence-corrected chi connectivity index (χ4v) is 4.43. The van der Waals surface area contributed by atoms with E-state index in [1.165, 1.54) is 19.4 Å². The Kier molecular flexibility index (Phi) is 4.20. The van der Waals surface area contributed by atoms with Crippen molar-refractivity contribution in [1.29, 1.82) is 0 Å². The minimum atomic E-state index is -4.00. The van der Waals surface area contributed by atoms with E-state index in [-0.39, 0.29) is 21.4 Å². The van der Waals surface area contributed by atoms with Crippen molar-refractivity contribution in [3.63, 3.8) is 0 Å². The van der Waals surface area contributed by atoms with Gasteiger partial charge in [-0.05, 0) is 5.39 Å². The number of aromatic amines is 1. The molecule has 8 heteroatoms. The molecule has 4 aromatic rings. The number of fused-ring (bicyclic) bond motifs is 3. The molecule has 5 nitrogen and oxygen atoms in total. The van der Waals surface area contributed by atoms with Gasteiger partial charge in [0.25, 0.3) is 10.0 Å². The molecular formula is C19H14ClFN2O3S. The van der Waals surface area contributed by atoms with Gasteiger partial charge in [0.1, 0.15) is 16.5 Å². The Balaban J connectivity index is 1.84. The quantitative estimate of drug-likeness (QED) is 0.507. The van der Waals surface area contributed by atoms with Gasteiger partial charge >= 0.3 is 0 Å². The van der Waals surface area contributed by atoms with Gasteiger partial charge in [-0.2, -0.15) is 0 Å². The second-order valence-corrected chi connectivity index (χ2v) is 7.99. The van der Waals surface area contributed by atoms with E-state index in [1.54, 1.807) is 6.07 Å². The van der Waals surface area contributed by atoms with Crippen LogP contribution in [0.2, 0.25) is 5.02 Å². The van der Waals surface area contributed by atoms with Crippen LogP contribution in [0.15, 0.2) is 59.6 Å². The van der Waals surface area contributed by atoms with Crippen molar-refractivity contribution in [1.82, 2.24) is 4.98 Å². The number of aromatic nitrogens is 1. The van der Waals surface area contributed by atoms with Crippen LogP contribution in [0, 0.1) is 5.82 Å². The summed E-state index contributed by atoms with van der Waals surface area (Å²) in [7, 11) is -2.65. The van der Waals surface area contributed by atoms with E-state index >= 15 is 0 Å². The number of benzene rings is 3. The monoisotopic (exact) mass is 404 g/mol. The number of H-pyrrole nitrogens is 1. The number of sulfonamides is 1. The van der Waals surface area contributed by atoms with Gasteiger partial charge in [-0.25, -0.2) is 12.8 Å². The number of rotatable bonds is 4. The average molecular weight is 405 g/mol. The molecule has 0 spiro atoms. The molecule has 0 aliphatic heterocycles. The van der Waals surface area contributed by atoms with E-state index in [1.807, 2.05) is 30.3 Å². The van der Waals surface area contributed by atoms with Crippen molar-refractivity contribution in [2.45, 2.75) is 4.90 Å². The van der Waals surface area contributed by atoms with E-state index in [0.717, 1.165) is 16.8 Å². The smallest absolute Gasteiger partial charge is 0.264 e. The Hall–Kier alpha value is -2.77. The second-order valence-electron chi connectivity index (χ2n) is 5.93. The van der Waals surface area contributed by atoms with Crippen LogP contribution in [-0.4, -0.2) is 20.5 Å². The summed E-state index contributed by atoms with van der Waals surface area (Å²) in [4.78, 5) is 3.08. The predicted octanol–water partition coefficient (Wildman–Crippen LogP) is 4.92. The minimum absolute atomic E-state index is 0.0328. The lowest BCUT2D eigenvalue weighted by Crippen LogP contribution is -2.13. The number of ether oxygens (including phenoxy) is 1. The number of nitrogens with one attached hydrogen (secondary N) is 2. The molecular weight excluding hydrogens is 391 g/mol. The van der Waals surface area contributed by atoms with Crippen molar-refractivity contribution >= 4 is 49.0 Å². The minimum Gasteiger partial charge on any atom is -0.494 e. The Labute approximate surface area is 159 Å². The number of hydrogen-bond acceptors (Lipinski definition) is 3. The van der Waals surface area contributed by atoms with Crippen LogP contribution in [0.4, 0.5) is 10.1 Å². The molecule has 0 atom stereocenters. The van der Waals surface area contributed by atoms with Gasteiger partial charge in [-0.1, -0.05) is 48.0 Å². The first kappa shape index (κ1) is 17.6. The first-order valence-electron chi connectivity index (χ1n) is 7.95. The lowest BCUT2D eigenvalue weighted by molar-refractivity contribution is 0.416. The van der Waals surface area contributed by atoms with Gasteiger partial charge in [0.05, 0.1) is 23.3 Å². The maximum absolute atomic E-state index is 13.8. The van der Waals surface area contributed by atoms with E-state index in [0.29, 0.717) is 10.9 Å². The first-order valence-corrected chi connectivity index (χ1v) is 9.81. The average Bonchev–Trinajstić information content (AvgIpc) is 3.10. The predicted molar refractivity (Wildman–Crippen MR) is 105 cm³/mol. The molecule has 27 heavy (non-hydrogen) atoms. The molecule has 0 radical (unpaired) electrons. The molecule has 1 heterocycles. The lowest BCUT2D eigenvalue weighted by Gasteiger charge is -2.12. The molecule has 1 aromatic heterocycles. The standard InChI is InChI=1S/C19H14ClFN2O3S/c1-26-17-8-14(20)15(21)9-16(17)23-27(24,25)18-10-22-19-12-5-3-2-4-11(12)6-7-13(18)19/h2-10,22-23H,1H3. The highest BCUT2D eigenvalue weighted by molar-refractivity contribution is 7.93. The zero-order chi connectivity index (χ0) is 19.2. The van der Waals surface area contributed by atoms with Crippen LogP contribution in [-0.2, 0) is 10.0 Å². The van der Waals surface area contributed by atoms with Crippen LogP contribution >= 0.6 is 11.6 Å². The second kappa shape index (κ2) is 6.44. The van der Waals surface area contributed by atoms with Crippen LogP contribution in [0.3, 0.4) is 0 Å². The fraction of sp³-hybridized carbons (Fsp3) is 0.0526. The van der Waals surface area contributed by atoms with Crippen molar-refractivity contribution < 1.29 is 17.5 Å². The van der Waals surface area contributed by atoms with Gasteiger partial charge in [0, 0.05) is 29.1 Å². The Bertz CT molecular complexity index is 1290.